The van der Waals surface area contributed by atoms with Crippen LogP contribution in [0.25, 0.3) is 0 Å². The molecule has 0 radical (unpaired) electrons. The minimum atomic E-state index is 0.944. The molecule has 0 aliphatic heterocycles. The summed E-state index contributed by atoms with van der Waals surface area (Å²) in [4.78, 5) is 3.72. The highest BCUT2D eigenvalue weighted by molar-refractivity contribution is 5.31. The van der Waals surface area contributed by atoms with E-state index in [0.717, 1.165) is 11.3 Å². The van der Waals surface area contributed by atoms with Gasteiger partial charge in [-0.05, 0) is 26.1 Å². The third-order valence-electron chi connectivity index (χ3n) is 1.11. The summed E-state index contributed by atoms with van der Waals surface area (Å²) in [5, 5.41) is 0. The van der Waals surface area contributed by atoms with Gasteiger partial charge in [0.05, 0.1) is 0 Å². The van der Waals surface area contributed by atoms with Crippen molar-refractivity contribution in [2.24, 2.45) is 4.99 Å². The van der Waals surface area contributed by atoms with Crippen LogP contribution < -0.4 is 0 Å². The lowest BCUT2D eigenvalue weighted by Gasteiger charge is -1.91. The SMILES string of the molecule is C=C/C(C)=C(/C)N=C.CCC. The van der Waals surface area contributed by atoms with Gasteiger partial charge in [-0.15, -0.1) is 0 Å². The van der Waals surface area contributed by atoms with Gasteiger partial charge < -0.3 is 0 Å². The molecule has 0 heterocycles. The highest BCUT2D eigenvalue weighted by Crippen LogP contribution is 2.02. The number of allylic oxidation sites excluding steroid dienone is 3. The van der Waals surface area contributed by atoms with E-state index < -0.39 is 0 Å². The predicted octanol–water partition coefficient (Wildman–Crippen LogP) is 3.58. The quantitative estimate of drug-likeness (QED) is 0.424. The Morgan fingerprint density at radius 3 is 1.82 bits per heavy atom. The van der Waals surface area contributed by atoms with Gasteiger partial charge in [-0.3, -0.25) is 4.99 Å². The van der Waals surface area contributed by atoms with Crippen molar-refractivity contribution in [2.75, 3.05) is 0 Å². The summed E-state index contributed by atoms with van der Waals surface area (Å²) in [6.45, 7) is 15.1. The normalized spacial score (nSPS) is 10.5. The molecule has 0 amide bonds. The zero-order valence-corrected chi connectivity index (χ0v) is 8.15. The van der Waals surface area contributed by atoms with Crippen LogP contribution in [0.3, 0.4) is 0 Å². The Kier molecular flexibility index (Phi) is 10.6. The minimum absolute atomic E-state index is 0.944. The van der Waals surface area contributed by atoms with E-state index in [1.807, 2.05) is 13.8 Å². The first-order valence-electron chi connectivity index (χ1n) is 3.90. The van der Waals surface area contributed by atoms with Crippen molar-refractivity contribution >= 4 is 6.72 Å². The Morgan fingerprint density at radius 1 is 1.36 bits per heavy atom. The van der Waals surface area contributed by atoms with E-state index in [1.54, 1.807) is 6.08 Å². The first-order chi connectivity index (χ1) is 5.13. The van der Waals surface area contributed by atoms with Crippen molar-refractivity contribution in [3.05, 3.63) is 23.9 Å². The summed E-state index contributed by atoms with van der Waals surface area (Å²) < 4.78 is 0. The van der Waals surface area contributed by atoms with Crippen LogP contribution >= 0.6 is 0 Å². The fourth-order valence-corrected chi connectivity index (χ4v) is 0.272. The molecule has 11 heavy (non-hydrogen) atoms. The topological polar surface area (TPSA) is 12.4 Å². The molecule has 0 unspecified atom stereocenters. The summed E-state index contributed by atoms with van der Waals surface area (Å²) in [6, 6.07) is 0. The Balaban J connectivity index is 0. The molecule has 0 spiro atoms. The molecule has 0 bridgehead atoms. The van der Waals surface area contributed by atoms with E-state index in [-0.39, 0.29) is 0 Å². The van der Waals surface area contributed by atoms with Crippen LogP contribution in [0.2, 0.25) is 0 Å². The Morgan fingerprint density at radius 2 is 1.73 bits per heavy atom. The van der Waals surface area contributed by atoms with Gasteiger partial charge >= 0.3 is 0 Å². The molecule has 1 heteroatoms. The van der Waals surface area contributed by atoms with E-state index >= 15 is 0 Å². The molecule has 0 saturated heterocycles. The van der Waals surface area contributed by atoms with Gasteiger partial charge in [0.2, 0.25) is 0 Å². The van der Waals surface area contributed by atoms with E-state index in [1.165, 1.54) is 6.42 Å². The summed E-state index contributed by atoms with van der Waals surface area (Å²) in [5.41, 5.74) is 2.03. The van der Waals surface area contributed by atoms with Gasteiger partial charge in [0, 0.05) is 5.70 Å². The van der Waals surface area contributed by atoms with Gasteiger partial charge in [0.1, 0.15) is 0 Å². The maximum absolute atomic E-state index is 3.72. The van der Waals surface area contributed by atoms with Crippen LogP contribution in [0, 0.1) is 0 Å². The maximum Gasteiger partial charge on any atom is 0.0394 e. The lowest BCUT2D eigenvalue weighted by atomic mass is 10.2. The van der Waals surface area contributed by atoms with Crippen molar-refractivity contribution < 1.29 is 0 Å². The van der Waals surface area contributed by atoms with Crippen LogP contribution in [-0.4, -0.2) is 6.72 Å². The van der Waals surface area contributed by atoms with Crippen LogP contribution in [0.4, 0.5) is 0 Å². The summed E-state index contributed by atoms with van der Waals surface area (Å²) in [7, 11) is 0. The van der Waals surface area contributed by atoms with Gasteiger partial charge in [0.25, 0.3) is 0 Å². The lowest BCUT2D eigenvalue weighted by Crippen LogP contribution is -1.72. The number of aliphatic imine (C=N–C) groups is 1. The van der Waals surface area contributed by atoms with E-state index in [4.69, 9.17) is 0 Å². The van der Waals surface area contributed by atoms with Crippen molar-refractivity contribution in [3.63, 3.8) is 0 Å². The molecule has 0 N–H and O–H groups in total. The summed E-state index contributed by atoms with van der Waals surface area (Å²) in [5.74, 6) is 0. The lowest BCUT2D eigenvalue weighted by molar-refractivity contribution is 1.09. The van der Waals surface area contributed by atoms with E-state index in [0.29, 0.717) is 0 Å². The summed E-state index contributed by atoms with van der Waals surface area (Å²) in [6.07, 6.45) is 3.02. The Hall–Kier alpha value is -0.850. The van der Waals surface area contributed by atoms with Gasteiger partial charge in [-0.25, -0.2) is 0 Å². The predicted molar refractivity (Wildman–Crippen MR) is 54.1 cm³/mol. The van der Waals surface area contributed by atoms with Crippen molar-refractivity contribution in [1.29, 1.82) is 0 Å². The van der Waals surface area contributed by atoms with Crippen molar-refractivity contribution in [1.82, 2.24) is 0 Å². The highest BCUT2D eigenvalue weighted by atomic mass is 14.7. The van der Waals surface area contributed by atoms with E-state index in [9.17, 15) is 0 Å². The molecule has 0 atom stereocenters. The largest absolute Gasteiger partial charge is 0.269 e. The highest BCUT2D eigenvalue weighted by Gasteiger charge is 1.83. The molecule has 0 rings (SSSR count). The zero-order chi connectivity index (χ0) is 9.28. The molecule has 0 aromatic rings. The molecule has 0 saturated carbocycles. The monoisotopic (exact) mass is 153 g/mol. The Labute approximate surface area is 70.5 Å². The van der Waals surface area contributed by atoms with Crippen LogP contribution in [0.1, 0.15) is 34.1 Å². The second-order valence-electron chi connectivity index (χ2n) is 2.34. The molecule has 0 aromatic heterocycles. The van der Waals surface area contributed by atoms with Crippen LogP contribution in [-0.2, 0) is 0 Å². The standard InChI is InChI=1S/C7H11N.C3H8/c1-5-6(2)7(3)8-4;1-3-2/h5H,1,4H2,2-3H3;3H2,1-2H3/b7-6-;. The van der Waals surface area contributed by atoms with E-state index in [2.05, 4.69) is 32.1 Å². The molecule has 0 aromatic carbocycles. The molecular formula is C10H19N. The zero-order valence-electron chi connectivity index (χ0n) is 8.15. The molecule has 0 aliphatic carbocycles. The van der Waals surface area contributed by atoms with Gasteiger partial charge in [0.15, 0.2) is 0 Å². The molecule has 0 aliphatic rings. The second-order valence-corrected chi connectivity index (χ2v) is 2.34. The number of hydrogen-bond acceptors (Lipinski definition) is 1. The first-order valence-corrected chi connectivity index (χ1v) is 3.90. The molecule has 0 fully saturated rings. The Bertz CT molecular complexity index is 127. The molecule has 64 valence electrons. The molecule has 1 nitrogen and oxygen atoms in total. The molecular weight excluding hydrogens is 134 g/mol. The number of rotatable bonds is 2. The fourth-order valence-electron chi connectivity index (χ4n) is 0.272. The number of hydrogen-bond donors (Lipinski definition) is 0. The van der Waals surface area contributed by atoms with Crippen LogP contribution in [0.15, 0.2) is 28.9 Å². The van der Waals surface area contributed by atoms with Crippen molar-refractivity contribution in [3.8, 4) is 0 Å². The van der Waals surface area contributed by atoms with Gasteiger partial charge in [-0.1, -0.05) is 32.9 Å². The first kappa shape index (κ1) is 12.8. The third kappa shape index (κ3) is 9.15. The van der Waals surface area contributed by atoms with Gasteiger partial charge in [-0.2, -0.15) is 0 Å². The van der Waals surface area contributed by atoms with Crippen molar-refractivity contribution in [2.45, 2.75) is 34.1 Å². The fraction of sp³-hybridized carbons (Fsp3) is 0.500. The maximum atomic E-state index is 3.72. The minimum Gasteiger partial charge on any atom is -0.269 e. The smallest absolute Gasteiger partial charge is 0.0394 e. The average molecular weight is 153 g/mol. The summed E-state index contributed by atoms with van der Waals surface area (Å²) >= 11 is 0. The number of nitrogens with zero attached hydrogens (tertiary/aromatic N) is 1. The van der Waals surface area contributed by atoms with Crippen LogP contribution in [0.5, 0.6) is 0 Å². The third-order valence-corrected chi connectivity index (χ3v) is 1.11. The average Bonchev–Trinajstić information content (AvgIpc) is 2.03. The second kappa shape index (κ2) is 9.15.